The number of likely N-dealkylation sites (N-methyl/N-ethyl adjacent to an activating group) is 1. The van der Waals surface area contributed by atoms with Crippen molar-refractivity contribution in [2.45, 2.75) is 30.7 Å². The third-order valence-electron chi connectivity index (χ3n) is 7.28. The first-order valence-corrected chi connectivity index (χ1v) is 15.4. The number of sulfonamides is 1. The van der Waals surface area contributed by atoms with Crippen molar-refractivity contribution in [1.29, 1.82) is 0 Å². The Bertz CT molecular complexity index is 1470. The molecule has 0 radical (unpaired) electrons. The third-order valence-corrected chi connectivity index (χ3v) is 10.1. The van der Waals surface area contributed by atoms with Crippen LogP contribution in [0.5, 0.6) is 0 Å². The van der Waals surface area contributed by atoms with Crippen LogP contribution in [0.3, 0.4) is 0 Å². The van der Waals surface area contributed by atoms with Crippen LogP contribution in [0.4, 0.5) is 20.3 Å². The first-order chi connectivity index (χ1) is 18.6. The molecule has 13 heteroatoms. The van der Waals surface area contributed by atoms with Gasteiger partial charge in [0, 0.05) is 6.07 Å². The van der Waals surface area contributed by atoms with Crippen LogP contribution < -0.4 is 14.6 Å². The van der Waals surface area contributed by atoms with E-state index in [2.05, 4.69) is 25.3 Å². The van der Waals surface area contributed by atoms with Crippen molar-refractivity contribution in [2.24, 2.45) is 0 Å². The number of likely N-dealkylation sites (tertiary alicyclic amines) is 1. The third kappa shape index (κ3) is 6.04. The molecule has 1 fully saturated rings. The van der Waals surface area contributed by atoms with E-state index in [1.807, 2.05) is 19.2 Å². The van der Waals surface area contributed by atoms with Gasteiger partial charge in [-0.15, -0.1) is 0 Å². The van der Waals surface area contributed by atoms with Gasteiger partial charge in [0.05, 0.1) is 0 Å². The summed E-state index contributed by atoms with van der Waals surface area (Å²) < 4.78 is 55.6. The van der Waals surface area contributed by atoms with E-state index in [9.17, 15) is 22.0 Å². The quantitative estimate of drug-likeness (QED) is 0.371. The Morgan fingerprint density at radius 3 is 2.54 bits per heavy atom. The zero-order valence-electron chi connectivity index (χ0n) is 21.6. The van der Waals surface area contributed by atoms with Crippen LogP contribution in [0.25, 0.3) is 0 Å². The van der Waals surface area contributed by atoms with E-state index in [1.54, 1.807) is 6.07 Å². The number of halogens is 2. The number of anilines is 2. The molecular formula is C26H31AsF2N6O3S. The van der Waals surface area contributed by atoms with Gasteiger partial charge in [-0.05, 0) is 0 Å². The van der Waals surface area contributed by atoms with Crippen LogP contribution in [0, 0.1) is 11.6 Å². The Morgan fingerprint density at radius 1 is 1.13 bits per heavy atom. The standard InChI is InChI=1S/C26H31AsF2N6O3S/c1-33(10-11-34-7-2-3-8-34)19-4-5-21(23(27)15-19)26(36)30-25-22-16-35(9-6-24(22)31-32-25)39(37,38)20-13-17(28)12-18(29)14-20/h4-5,12-15H,2-3,6-11,16,27H2,1H3,(H2,30,31,32,36). The fourth-order valence-electron chi connectivity index (χ4n) is 5.00. The Balaban J connectivity index is 1.28. The normalized spacial score (nSPS) is 16.3. The summed E-state index contributed by atoms with van der Waals surface area (Å²) >= 11 is 1.33. The molecule has 2 aliphatic rings. The number of rotatable bonds is 8. The van der Waals surface area contributed by atoms with Crippen molar-refractivity contribution in [3.63, 3.8) is 0 Å². The summed E-state index contributed by atoms with van der Waals surface area (Å²) in [5.41, 5.74) is 2.78. The molecule has 1 unspecified atom stereocenters. The number of nitrogens with one attached hydrogen (secondary N) is 2. The zero-order valence-corrected chi connectivity index (χ0v) is 24.8. The SMILES string of the molecule is CN(CCN1CCCC1)c1ccc(C(=O)Nc2n[nH]c3c2CN(S(=O)(=O)c2cc(F)cc(F)c2)CC3)c([AsH2])c1. The second-order valence-corrected chi connectivity index (χ2v) is 13.2. The molecular weight excluding hydrogens is 589 g/mol. The van der Waals surface area contributed by atoms with Gasteiger partial charge in [-0.3, -0.25) is 0 Å². The van der Waals surface area contributed by atoms with E-state index in [4.69, 9.17) is 0 Å². The number of aromatic nitrogens is 2. The van der Waals surface area contributed by atoms with Gasteiger partial charge in [0.2, 0.25) is 0 Å². The van der Waals surface area contributed by atoms with Crippen molar-refractivity contribution in [2.75, 3.05) is 50.0 Å². The number of fused-ring (bicyclic) bond motifs is 1. The number of amides is 1. The predicted octanol–water partition coefficient (Wildman–Crippen LogP) is 1.48. The molecule has 208 valence electrons. The van der Waals surface area contributed by atoms with Crippen molar-refractivity contribution >= 4 is 48.6 Å². The monoisotopic (exact) mass is 620 g/mol. The minimum absolute atomic E-state index is 0.0917. The second kappa shape index (κ2) is 11.4. The number of carbonyl (C=O) groups excluding carboxylic acids is 1. The fraction of sp³-hybridized carbons (Fsp3) is 0.385. The van der Waals surface area contributed by atoms with E-state index in [0.29, 0.717) is 29.3 Å². The molecule has 0 bridgehead atoms. The average molecular weight is 621 g/mol. The van der Waals surface area contributed by atoms with E-state index >= 15 is 0 Å². The van der Waals surface area contributed by atoms with E-state index in [1.165, 1.54) is 29.7 Å². The molecule has 0 spiro atoms. The summed E-state index contributed by atoms with van der Waals surface area (Å²) in [4.78, 5) is 17.4. The maximum absolute atomic E-state index is 13.7. The first kappa shape index (κ1) is 27.8. The molecule has 39 heavy (non-hydrogen) atoms. The summed E-state index contributed by atoms with van der Waals surface area (Å²) in [7, 11) is -2.11. The molecule has 1 amide bonds. The van der Waals surface area contributed by atoms with Crippen molar-refractivity contribution in [3.8, 4) is 0 Å². The molecule has 3 aromatic rings. The topological polar surface area (TPSA) is 102 Å². The number of H-pyrrole nitrogens is 1. The van der Waals surface area contributed by atoms with E-state index in [0.717, 1.165) is 52.7 Å². The van der Waals surface area contributed by atoms with Crippen LogP contribution in [0.1, 0.15) is 34.5 Å². The van der Waals surface area contributed by atoms with Crippen LogP contribution in [0.15, 0.2) is 41.3 Å². The van der Waals surface area contributed by atoms with Gasteiger partial charge in [0.1, 0.15) is 0 Å². The molecule has 1 aromatic heterocycles. The fourth-order valence-corrected chi connectivity index (χ4v) is 7.29. The molecule has 1 saturated heterocycles. The van der Waals surface area contributed by atoms with Gasteiger partial charge in [0.15, 0.2) is 0 Å². The number of benzene rings is 2. The first-order valence-electron chi connectivity index (χ1n) is 12.8. The van der Waals surface area contributed by atoms with E-state index < -0.39 is 26.6 Å². The van der Waals surface area contributed by atoms with Gasteiger partial charge in [0.25, 0.3) is 0 Å². The molecule has 0 aliphatic carbocycles. The summed E-state index contributed by atoms with van der Waals surface area (Å²) in [6.45, 7) is 4.23. The zero-order chi connectivity index (χ0) is 27.7. The Morgan fingerprint density at radius 2 is 1.85 bits per heavy atom. The van der Waals surface area contributed by atoms with Crippen LogP contribution in [0.2, 0.25) is 0 Å². The molecule has 2 aromatic carbocycles. The number of hydrogen-bond acceptors (Lipinski definition) is 6. The maximum atomic E-state index is 13.7. The summed E-state index contributed by atoms with van der Waals surface area (Å²) in [6.07, 6.45) is 2.83. The molecule has 2 N–H and O–H groups in total. The number of aromatic amines is 1. The predicted molar refractivity (Wildman–Crippen MR) is 148 cm³/mol. The number of carbonyl (C=O) groups is 1. The van der Waals surface area contributed by atoms with Crippen molar-refractivity contribution < 1.29 is 22.0 Å². The number of nitrogens with zero attached hydrogens (tertiary/aromatic N) is 4. The molecule has 3 heterocycles. The van der Waals surface area contributed by atoms with Crippen molar-refractivity contribution in [3.05, 3.63) is 64.9 Å². The summed E-state index contributed by atoms with van der Waals surface area (Å²) in [5, 5.41) is 9.90. The van der Waals surface area contributed by atoms with Gasteiger partial charge in [-0.1, -0.05) is 0 Å². The van der Waals surface area contributed by atoms with Gasteiger partial charge in [-0.25, -0.2) is 8.78 Å². The van der Waals surface area contributed by atoms with E-state index in [-0.39, 0.29) is 24.8 Å². The summed E-state index contributed by atoms with van der Waals surface area (Å²) in [5.74, 6) is -2.05. The van der Waals surface area contributed by atoms with Gasteiger partial charge in [-0.2, -0.15) is 0 Å². The molecule has 2 aliphatic heterocycles. The Hall–Kier alpha value is -2.79. The van der Waals surface area contributed by atoms with Gasteiger partial charge < -0.3 is 0 Å². The average Bonchev–Trinajstić information content (AvgIpc) is 3.56. The second-order valence-electron chi connectivity index (χ2n) is 9.92. The summed E-state index contributed by atoms with van der Waals surface area (Å²) in [6, 6.07) is 7.94. The number of hydrogen-bond donors (Lipinski definition) is 2. The minimum atomic E-state index is -4.16. The molecule has 5 rings (SSSR count). The molecule has 0 saturated carbocycles. The van der Waals surface area contributed by atoms with Crippen LogP contribution >= 0.6 is 0 Å². The van der Waals surface area contributed by atoms with Crippen LogP contribution in [-0.2, 0) is 23.0 Å². The van der Waals surface area contributed by atoms with Crippen molar-refractivity contribution in [1.82, 2.24) is 19.4 Å². The van der Waals surface area contributed by atoms with Crippen LogP contribution in [-0.4, -0.2) is 90.4 Å². The Labute approximate surface area is 235 Å². The molecule has 9 nitrogen and oxygen atoms in total. The van der Waals surface area contributed by atoms with Gasteiger partial charge >= 0.3 is 221 Å². The Kier molecular flexibility index (Phi) is 8.09. The molecule has 1 atom stereocenters.